The molecule has 47 heavy (non-hydrogen) atoms. The number of carbonyl (C=O) groups excluding carboxylic acids is 3. The molecule has 0 aliphatic carbocycles. The van der Waals surface area contributed by atoms with Crippen molar-refractivity contribution in [1.29, 1.82) is 0 Å². The smallest absolute Gasteiger partial charge is 0.306 e. The highest BCUT2D eigenvalue weighted by molar-refractivity contribution is 5.70. The minimum absolute atomic E-state index is 0.00663. The number of rotatable bonds is 31. The Labute approximate surface area is 291 Å². The number of unbranched alkanes of at least 4 members (excludes halogenated alkanes) is 8. The first-order valence-corrected chi connectivity index (χ1v) is 19.9. The maximum atomic E-state index is 12.3. The molecular formula is C41H78O6. The predicted octanol–water partition coefficient (Wildman–Crippen LogP) is 11.9. The van der Waals surface area contributed by atoms with Gasteiger partial charge in [0, 0.05) is 19.3 Å². The summed E-state index contributed by atoms with van der Waals surface area (Å²) >= 11 is 0. The highest BCUT2D eigenvalue weighted by Crippen LogP contribution is 2.21. The van der Waals surface area contributed by atoms with E-state index in [0.717, 1.165) is 108 Å². The summed E-state index contributed by atoms with van der Waals surface area (Å²) in [5.74, 6) is 2.39. The van der Waals surface area contributed by atoms with Crippen LogP contribution in [0.15, 0.2) is 0 Å². The van der Waals surface area contributed by atoms with Crippen LogP contribution >= 0.6 is 0 Å². The molecule has 0 aromatic heterocycles. The molecule has 0 fully saturated rings. The van der Waals surface area contributed by atoms with Gasteiger partial charge in [-0.2, -0.15) is 0 Å². The fraction of sp³-hybridized carbons (Fsp3) is 0.927. The summed E-state index contributed by atoms with van der Waals surface area (Å²) in [5, 5.41) is 0. The largest absolute Gasteiger partial charge is 0.463 e. The van der Waals surface area contributed by atoms with Crippen molar-refractivity contribution in [2.75, 3.05) is 0 Å². The van der Waals surface area contributed by atoms with Crippen LogP contribution in [0.25, 0.3) is 0 Å². The molecular weight excluding hydrogens is 588 g/mol. The molecule has 0 amide bonds. The fourth-order valence-corrected chi connectivity index (χ4v) is 6.32. The molecule has 0 spiro atoms. The second-order valence-corrected chi connectivity index (χ2v) is 15.7. The van der Waals surface area contributed by atoms with E-state index < -0.39 is 0 Å². The van der Waals surface area contributed by atoms with Gasteiger partial charge in [-0.15, -0.1) is 0 Å². The zero-order valence-electron chi connectivity index (χ0n) is 32.5. The Morgan fingerprint density at radius 2 is 0.787 bits per heavy atom. The Hall–Kier alpha value is -1.59. The van der Waals surface area contributed by atoms with E-state index in [9.17, 15) is 14.4 Å². The minimum Gasteiger partial charge on any atom is -0.463 e. The topological polar surface area (TPSA) is 78.9 Å². The van der Waals surface area contributed by atoms with E-state index in [0.29, 0.717) is 31.1 Å². The van der Waals surface area contributed by atoms with Gasteiger partial charge in [-0.1, -0.05) is 113 Å². The van der Waals surface area contributed by atoms with Crippen molar-refractivity contribution in [3.63, 3.8) is 0 Å². The van der Waals surface area contributed by atoms with E-state index in [1.807, 2.05) is 20.8 Å². The van der Waals surface area contributed by atoms with Crippen LogP contribution in [0.2, 0.25) is 0 Å². The van der Waals surface area contributed by atoms with Gasteiger partial charge in [0.2, 0.25) is 0 Å². The van der Waals surface area contributed by atoms with Crippen LogP contribution in [0.1, 0.15) is 204 Å². The number of carbonyl (C=O) groups is 3. The Morgan fingerprint density at radius 1 is 0.426 bits per heavy atom. The molecule has 278 valence electrons. The maximum absolute atomic E-state index is 12.3. The van der Waals surface area contributed by atoms with Gasteiger partial charge in [0.25, 0.3) is 0 Å². The minimum atomic E-state index is -0.0818. The maximum Gasteiger partial charge on any atom is 0.306 e. The van der Waals surface area contributed by atoms with Crippen molar-refractivity contribution in [2.45, 2.75) is 222 Å². The summed E-state index contributed by atoms with van der Waals surface area (Å²) in [6, 6.07) is 0. The second-order valence-electron chi connectivity index (χ2n) is 15.7. The number of hydrogen-bond donors (Lipinski definition) is 0. The predicted molar refractivity (Wildman–Crippen MR) is 196 cm³/mol. The molecule has 6 nitrogen and oxygen atoms in total. The zero-order chi connectivity index (χ0) is 35.5. The molecule has 6 heteroatoms. The first-order chi connectivity index (χ1) is 22.3. The summed E-state index contributed by atoms with van der Waals surface area (Å²) in [6.45, 7) is 19.6. The summed E-state index contributed by atoms with van der Waals surface area (Å²) < 4.78 is 17.1. The fourth-order valence-electron chi connectivity index (χ4n) is 6.32. The Kier molecular flexibility index (Phi) is 28.3. The number of esters is 3. The molecule has 0 aromatic rings. The molecule has 4 atom stereocenters. The van der Waals surface area contributed by atoms with Gasteiger partial charge in [0.05, 0.1) is 12.2 Å². The summed E-state index contributed by atoms with van der Waals surface area (Å²) in [6.07, 6.45) is 21.0. The van der Waals surface area contributed by atoms with Crippen molar-refractivity contribution in [2.24, 2.45) is 23.7 Å². The highest BCUT2D eigenvalue weighted by atomic mass is 16.5. The van der Waals surface area contributed by atoms with Gasteiger partial charge < -0.3 is 14.2 Å². The van der Waals surface area contributed by atoms with Crippen molar-refractivity contribution >= 4 is 17.9 Å². The lowest BCUT2D eigenvalue weighted by atomic mass is 9.95. The van der Waals surface area contributed by atoms with E-state index in [1.54, 1.807) is 0 Å². The van der Waals surface area contributed by atoms with Crippen LogP contribution in [0.4, 0.5) is 0 Å². The summed E-state index contributed by atoms with van der Waals surface area (Å²) in [7, 11) is 0. The molecule has 4 unspecified atom stereocenters. The van der Waals surface area contributed by atoms with Gasteiger partial charge in [-0.25, -0.2) is 0 Å². The van der Waals surface area contributed by atoms with Gasteiger partial charge in [0.15, 0.2) is 0 Å². The van der Waals surface area contributed by atoms with Crippen LogP contribution in [-0.4, -0.2) is 36.2 Å². The van der Waals surface area contributed by atoms with Crippen molar-refractivity contribution in [3.05, 3.63) is 0 Å². The normalized spacial score (nSPS) is 14.9. The molecule has 0 rings (SSSR count). The van der Waals surface area contributed by atoms with Crippen molar-refractivity contribution < 1.29 is 28.6 Å². The van der Waals surface area contributed by atoms with Crippen LogP contribution in [0.3, 0.4) is 0 Å². The van der Waals surface area contributed by atoms with E-state index in [4.69, 9.17) is 14.2 Å². The molecule has 0 heterocycles. The standard InChI is InChI=1S/C41H78O6/c1-10-21-39(42)47-38(22-17-13-11-15-19-24-40(43)45-36(8)30-34(6)28-26-32(2)3)23-18-14-12-16-20-25-41(44)46-37(9)31-35(7)29-27-33(4)5/h32-38H,10-31H2,1-9H3. The van der Waals surface area contributed by atoms with Crippen LogP contribution in [0, 0.1) is 23.7 Å². The molecule has 0 aliphatic rings. The third-order valence-electron chi connectivity index (χ3n) is 9.17. The average molecular weight is 667 g/mol. The molecule has 0 radical (unpaired) electrons. The lowest BCUT2D eigenvalue weighted by Crippen LogP contribution is -2.18. The van der Waals surface area contributed by atoms with Crippen LogP contribution in [0.5, 0.6) is 0 Å². The molecule has 0 saturated heterocycles. The van der Waals surface area contributed by atoms with E-state index in [1.165, 1.54) is 25.7 Å². The zero-order valence-corrected chi connectivity index (χ0v) is 32.5. The number of hydrogen-bond acceptors (Lipinski definition) is 6. The van der Waals surface area contributed by atoms with Crippen molar-refractivity contribution in [3.8, 4) is 0 Å². The highest BCUT2D eigenvalue weighted by Gasteiger charge is 2.16. The van der Waals surface area contributed by atoms with Crippen LogP contribution < -0.4 is 0 Å². The molecule has 0 aromatic carbocycles. The van der Waals surface area contributed by atoms with E-state index in [-0.39, 0.29) is 36.2 Å². The third kappa shape index (κ3) is 30.2. The quantitative estimate of drug-likeness (QED) is 0.0416. The second kappa shape index (κ2) is 29.3. The first kappa shape index (κ1) is 45.4. The summed E-state index contributed by atoms with van der Waals surface area (Å²) in [5.41, 5.74) is 0. The van der Waals surface area contributed by atoms with E-state index in [2.05, 4.69) is 41.5 Å². The average Bonchev–Trinajstić information content (AvgIpc) is 2.97. The SMILES string of the molecule is CCCC(=O)OC(CCCCCCCC(=O)OC(C)CC(C)CCC(C)C)CCCCCCCC(=O)OC(C)CC(C)CCC(C)C. The molecule has 0 saturated carbocycles. The van der Waals surface area contributed by atoms with Gasteiger partial charge in [-0.05, 0) is 95.3 Å². The lowest BCUT2D eigenvalue weighted by molar-refractivity contribution is -0.150. The van der Waals surface area contributed by atoms with E-state index >= 15 is 0 Å². The van der Waals surface area contributed by atoms with Gasteiger partial charge >= 0.3 is 17.9 Å². The summed E-state index contributed by atoms with van der Waals surface area (Å²) in [4.78, 5) is 36.7. The van der Waals surface area contributed by atoms with Gasteiger partial charge in [0.1, 0.15) is 6.10 Å². The van der Waals surface area contributed by atoms with Gasteiger partial charge in [-0.3, -0.25) is 14.4 Å². The molecule has 0 aliphatic heterocycles. The third-order valence-corrected chi connectivity index (χ3v) is 9.17. The lowest BCUT2D eigenvalue weighted by Gasteiger charge is -2.19. The number of ether oxygens (including phenoxy) is 3. The van der Waals surface area contributed by atoms with Crippen LogP contribution in [-0.2, 0) is 28.6 Å². The Balaban J connectivity index is 4.11. The molecule has 0 N–H and O–H groups in total. The monoisotopic (exact) mass is 667 g/mol. The molecule has 0 bridgehead atoms. The Morgan fingerprint density at radius 3 is 1.17 bits per heavy atom. The first-order valence-electron chi connectivity index (χ1n) is 19.9. The van der Waals surface area contributed by atoms with Crippen molar-refractivity contribution in [1.82, 2.24) is 0 Å². The Bertz CT molecular complexity index is 724.